The average molecular weight is 373 g/mol. The predicted molar refractivity (Wildman–Crippen MR) is 91.1 cm³/mol. The van der Waals surface area contributed by atoms with Gasteiger partial charge in [-0.15, -0.1) is 0 Å². The van der Waals surface area contributed by atoms with Crippen molar-refractivity contribution >= 4 is 23.7 Å². The number of carbonyl (C=O) groups excluding carboxylic acids is 1. The standard InChI is InChI=1S/C16H27N3O7/c1-12(20)10-17-4-5-18(11-15(23)24)7-9-19(8-6-17)13(16(25)26)2-3-14(21)22/h13H,2-11H2,1H3,(H,21,22)(H,23,24)(H,25,26). The molecule has 0 spiro atoms. The van der Waals surface area contributed by atoms with Crippen LogP contribution in [0.3, 0.4) is 0 Å². The largest absolute Gasteiger partial charge is 0.481 e. The number of carboxylic acid groups (broad SMARTS) is 3. The van der Waals surface area contributed by atoms with Crippen LogP contribution in [0.4, 0.5) is 0 Å². The molecule has 3 N–H and O–H groups in total. The van der Waals surface area contributed by atoms with E-state index in [0.717, 1.165) is 0 Å². The van der Waals surface area contributed by atoms with Crippen molar-refractivity contribution in [2.45, 2.75) is 25.8 Å². The van der Waals surface area contributed by atoms with Gasteiger partial charge in [0.25, 0.3) is 0 Å². The summed E-state index contributed by atoms with van der Waals surface area (Å²) in [7, 11) is 0. The van der Waals surface area contributed by atoms with Crippen molar-refractivity contribution in [3.63, 3.8) is 0 Å². The Labute approximate surface area is 152 Å². The van der Waals surface area contributed by atoms with E-state index < -0.39 is 23.9 Å². The third kappa shape index (κ3) is 8.37. The molecule has 1 heterocycles. The number of ketones is 1. The van der Waals surface area contributed by atoms with Crippen LogP contribution in [-0.4, -0.2) is 112 Å². The van der Waals surface area contributed by atoms with Crippen LogP contribution < -0.4 is 0 Å². The van der Waals surface area contributed by atoms with Crippen LogP contribution in [0.1, 0.15) is 19.8 Å². The molecule has 1 aliphatic heterocycles. The van der Waals surface area contributed by atoms with Gasteiger partial charge in [-0.2, -0.15) is 0 Å². The Bertz CT molecular complexity index is 498. The molecule has 0 radical (unpaired) electrons. The summed E-state index contributed by atoms with van der Waals surface area (Å²) in [5.74, 6) is -3.17. The first kappa shape index (κ1) is 22.0. The Morgan fingerprint density at radius 1 is 0.808 bits per heavy atom. The first-order valence-corrected chi connectivity index (χ1v) is 8.53. The van der Waals surface area contributed by atoms with Gasteiger partial charge in [-0.1, -0.05) is 0 Å². The van der Waals surface area contributed by atoms with Gasteiger partial charge in [-0.3, -0.25) is 33.9 Å². The normalized spacial score (nSPS) is 19.1. The molecule has 148 valence electrons. The van der Waals surface area contributed by atoms with Crippen LogP contribution in [0.15, 0.2) is 0 Å². The van der Waals surface area contributed by atoms with Crippen LogP contribution >= 0.6 is 0 Å². The third-order valence-electron chi connectivity index (χ3n) is 4.30. The first-order valence-electron chi connectivity index (χ1n) is 8.53. The van der Waals surface area contributed by atoms with Crippen LogP contribution in [-0.2, 0) is 19.2 Å². The number of carboxylic acids is 3. The molecular formula is C16H27N3O7. The fraction of sp³-hybridized carbons (Fsp3) is 0.750. The van der Waals surface area contributed by atoms with Crippen molar-refractivity contribution in [1.29, 1.82) is 0 Å². The second-order valence-corrected chi connectivity index (χ2v) is 6.47. The van der Waals surface area contributed by atoms with Gasteiger partial charge < -0.3 is 15.3 Å². The molecule has 0 aromatic rings. The van der Waals surface area contributed by atoms with Crippen molar-refractivity contribution in [2.24, 2.45) is 0 Å². The van der Waals surface area contributed by atoms with Gasteiger partial charge in [0.05, 0.1) is 13.1 Å². The van der Waals surface area contributed by atoms with Gasteiger partial charge in [0.15, 0.2) is 0 Å². The number of rotatable bonds is 9. The molecule has 0 bridgehead atoms. The lowest BCUT2D eigenvalue weighted by molar-refractivity contribution is -0.145. The summed E-state index contributed by atoms with van der Waals surface area (Å²) in [6.45, 7) is 3.97. The SMILES string of the molecule is CC(=O)CN1CCN(CC(=O)O)CCN(C(CCC(=O)O)C(=O)O)CC1. The molecule has 1 aliphatic rings. The zero-order valence-corrected chi connectivity index (χ0v) is 15.0. The maximum absolute atomic E-state index is 11.6. The highest BCUT2D eigenvalue weighted by molar-refractivity contribution is 5.77. The monoisotopic (exact) mass is 373 g/mol. The van der Waals surface area contributed by atoms with E-state index in [9.17, 15) is 24.3 Å². The predicted octanol–water partition coefficient (Wildman–Crippen LogP) is -1.10. The van der Waals surface area contributed by atoms with Crippen molar-refractivity contribution in [2.75, 3.05) is 52.4 Å². The fourth-order valence-corrected chi connectivity index (χ4v) is 3.01. The Balaban J connectivity index is 2.90. The summed E-state index contributed by atoms with van der Waals surface area (Å²) in [5, 5.41) is 27.4. The molecule has 1 unspecified atom stereocenters. The van der Waals surface area contributed by atoms with Crippen LogP contribution in [0, 0.1) is 0 Å². The maximum Gasteiger partial charge on any atom is 0.320 e. The van der Waals surface area contributed by atoms with Gasteiger partial charge in [0.2, 0.25) is 0 Å². The second-order valence-electron chi connectivity index (χ2n) is 6.47. The van der Waals surface area contributed by atoms with E-state index in [1.54, 1.807) is 9.80 Å². The van der Waals surface area contributed by atoms with Crippen molar-refractivity contribution < 1.29 is 34.5 Å². The number of aliphatic carboxylic acids is 3. The van der Waals surface area contributed by atoms with Gasteiger partial charge in [-0.25, -0.2) is 0 Å². The highest BCUT2D eigenvalue weighted by atomic mass is 16.4. The number of hydrogen-bond acceptors (Lipinski definition) is 7. The van der Waals surface area contributed by atoms with Crippen LogP contribution in [0.5, 0.6) is 0 Å². The minimum atomic E-state index is -1.10. The number of carbonyl (C=O) groups is 4. The second kappa shape index (κ2) is 10.8. The summed E-state index contributed by atoms with van der Waals surface area (Å²) >= 11 is 0. The summed E-state index contributed by atoms with van der Waals surface area (Å²) < 4.78 is 0. The lowest BCUT2D eigenvalue weighted by Gasteiger charge is -2.30. The number of hydrogen-bond donors (Lipinski definition) is 3. The maximum atomic E-state index is 11.6. The number of nitrogens with zero attached hydrogens (tertiary/aromatic N) is 3. The quantitative estimate of drug-likeness (QED) is 0.456. The van der Waals surface area contributed by atoms with E-state index in [4.69, 9.17) is 10.2 Å². The molecule has 0 aromatic heterocycles. The van der Waals surface area contributed by atoms with E-state index >= 15 is 0 Å². The summed E-state index contributed by atoms with van der Waals surface area (Å²) in [6, 6.07) is -0.963. The van der Waals surface area contributed by atoms with E-state index in [1.807, 2.05) is 4.90 Å². The van der Waals surface area contributed by atoms with E-state index in [-0.39, 0.29) is 31.7 Å². The molecule has 26 heavy (non-hydrogen) atoms. The van der Waals surface area contributed by atoms with E-state index in [2.05, 4.69) is 0 Å². The van der Waals surface area contributed by atoms with Crippen molar-refractivity contribution in [1.82, 2.24) is 14.7 Å². The smallest absolute Gasteiger partial charge is 0.320 e. The molecular weight excluding hydrogens is 346 g/mol. The molecule has 1 atom stereocenters. The topological polar surface area (TPSA) is 139 Å². The van der Waals surface area contributed by atoms with Crippen LogP contribution in [0.2, 0.25) is 0 Å². The lowest BCUT2D eigenvalue weighted by Crippen LogP contribution is -2.47. The zero-order chi connectivity index (χ0) is 19.7. The number of Topliss-reactive ketones (excluding diaryl/α,β-unsaturated/α-hetero) is 1. The molecule has 1 rings (SSSR count). The highest BCUT2D eigenvalue weighted by Gasteiger charge is 2.28. The van der Waals surface area contributed by atoms with E-state index in [1.165, 1.54) is 6.92 Å². The van der Waals surface area contributed by atoms with Gasteiger partial charge in [-0.05, 0) is 13.3 Å². The molecule has 1 saturated heterocycles. The average Bonchev–Trinajstić information content (AvgIpc) is 2.59. The molecule has 0 amide bonds. The summed E-state index contributed by atoms with van der Waals surface area (Å²) in [4.78, 5) is 50.1. The van der Waals surface area contributed by atoms with Gasteiger partial charge >= 0.3 is 17.9 Å². The first-order chi connectivity index (χ1) is 12.2. The molecule has 0 aliphatic carbocycles. The minimum Gasteiger partial charge on any atom is -0.481 e. The highest BCUT2D eigenvalue weighted by Crippen LogP contribution is 2.11. The van der Waals surface area contributed by atoms with Crippen molar-refractivity contribution in [3.05, 3.63) is 0 Å². The Morgan fingerprint density at radius 2 is 1.31 bits per heavy atom. The zero-order valence-electron chi connectivity index (χ0n) is 15.0. The Kier molecular flexibility index (Phi) is 9.17. The molecule has 10 nitrogen and oxygen atoms in total. The summed E-state index contributed by atoms with van der Waals surface area (Å²) in [6.07, 6.45) is -0.292. The Morgan fingerprint density at radius 3 is 1.73 bits per heavy atom. The lowest BCUT2D eigenvalue weighted by atomic mass is 10.1. The third-order valence-corrected chi connectivity index (χ3v) is 4.30. The molecule has 0 aromatic carbocycles. The molecule has 0 saturated carbocycles. The molecule has 10 heteroatoms. The molecule has 1 fully saturated rings. The van der Waals surface area contributed by atoms with Gasteiger partial charge in [0.1, 0.15) is 11.8 Å². The minimum absolute atomic E-state index is 0.0266. The van der Waals surface area contributed by atoms with Crippen LogP contribution in [0.25, 0.3) is 0 Å². The van der Waals surface area contributed by atoms with Gasteiger partial charge in [0, 0.05) is 45.7 Å². The van der Waals surface area contributed by atoms with Crippen molar-refractivity contribution in [3.8, 4) is 0 Å². The summed E-state index contributed by atoms with van der Waals surface area (Å²) in [5.41, 5.74) is 0. The fourth-order valence-electron chi connectivity index (χ4n) is 3.01. The Hall–Kier alpha value is -2.04. The van der Waals surface area contributed by atoms with E-state index in [0.29, 0.717) is 39.3 Å².